The highest BCUT2D eigenvalue weighted by Crippen LogP contribution is 2.25. The van der Waals surface area contributed by atoms with Crippen LogP contribution < -0.4 is 10.1 Å². The third-order valence-corrected chi connectivity index (χ3v) is 2.96. The Morgan fingerprint density at radius 3 is 2.78 bits per heavy atom. The maximum absolute atomic E-state index is 11.1. The van der Waals surface area contributed by atoms with E-state index in [0.29, 0.717) is 19.3 Å². The number of carbonyl (C=O) groups is 1. The average molecular weight is 251 g/mol. The Morgan fingerprint density at radius 1 is 1.50 bits per heavy atom. The normalized spacial score (nSPS) is 12.0. The number of aliphatic hydroxyl groups excluding tert-OH is 1. The number of rotatable bonds is 6. The third-order valence-electron chi connectivity index (χ3n) is 2.96. The maximum atomic E-state index is 11.1. The monoisotopic (exact) mass is 251 g/mol. The van der Waals surface area contributed by atoms with Gasteiger partial charge in [0.2, 0.25) is 5.91 Å². The highest BCUT2D eigenvalue weighted by Gasteiger charge is 2.10. The van der Waals surface area contributed by atoms with Crippen molar-refractivity contribution in [1.82, 2.24) is 5.32 Å². The van der Waals surface area contributed by atoms with Crippen LogP contribution in [0.4, 0.5) is 0 Å². The summed E-state index contributed by atoms with van der Waals surface area (Å²) in [6, 6.07) is 5.63. The standard InChI is InChI=1S/C14H21NO3/c1-10-9-11(7-8-13(10)18-3)12(16)5-4-6-14(17)15-2/h7-9,12,16H,4-6H2,1-3H3,(H,15,17). The average Bonchev–Trinajstić information content (AvgIpc) is 2.38. The van der Waals surface area contributed by atoms with Crippen molar-refractivity contribution in [2.75, 3.05) is 14.2 Å². The van der Waals surface area contributed by atoms with Gasteiger partial charge in [0.25, 0.3) is 0 Å². The van der Waals surface area contributed by atoms with Crippen LogP contribution >= 0.6 is 0 Å². The zero-order chi connectivity index (χ0) is 13.5. The first-order valence-electron chi connectivity index (χ1n) is 6.11. The van der Waals surface area contributed by atoms with Gasteiger partial charge in [0.05, 0.1) is 13.2 Å². The van der Waals surface area contributed by atoms with Crippen molar-refractivity contribution in [2.24, 2.45) is 0 Å². The minimum Gasteiger partial charge on any atom is -0.496 e. The highest BCUT2D eigenvalue weighted by molar-refractivity contribution is 5.75. The van der Waals surface area contributed by atoms with Gasteiger partial charge in [-0.2, -0.15) is 0 Å². The first kappa shape index (κ1) is 14.5. The number of aliphatic hydroxyl groups is 1. The lowest BCUT2D eigenvalue weighted by atomic mass is 10.0. The van der Waals surface area contributed by atoms with Gasteiger partial charge in [0.15, 0.2) is 0 Å². The second-order valence-corrected chi connectivity index (χ2v) is 4.31. The van der Waals surface area contributed by atoms with E-state index in [2.05, 4.69) is 5.32 Å². The molecule has 4 nitrogen and oxygen atoms in total. The van der Waals surface area contributed by atoms with Crippen molar-refractivity contribution >= 4 is 5.91 Å². The smallest absolute Gasteiger partial charge is 0.219 e. The van der Waals surface area contributed by atoms with Crippen LogP contribution in [0, 0.1) is 6.92 Å². The fourth-order valence-electron chi connectivity index (χ4n) is 1.86. The summed E-state index contributed by atoms with van der Waals surface area (Å²) in [4.78, 5) is 11.1. The first-order chi connectivity index (χ1) is 8.58. The number of ether oxygens (including phenoxy) is 1. The molecule has 18 heavy (non-hydrogen) atoms. The molecule has 0 spiro atoms. The summed E-state index contributed by atoms with van der Waals surface area (Å²) >= 11 is 0. The number of hydrogen-bond acceptors (Lipinski definition) is 3. The molecular weight excluding hydrogens is 230 g/mol. The fraction of sp³-hybridized carbons (Fsp3) is 0.500. The Kier molecular flexibility index (Phi) is 5.65. The van der Waals surface area contributed by atoms with Gasteiger partial charge in [-0.1, -0.05) is 6.07 Å². The molecule has 1 rings (SSSR count). The van der Waals surface area contributed by atoms with E-state index >= 15 is 0 Å². The molecule has 0 radical (unpaired) electrons. The number of amides is 1. The van der Waals surface area contributed by atoms with Crippen molar-refractivity contribution in [3.63, 3.8) is 0 Å². The minimum absolute atomic E-state index is 0.00751. The molecule has 0 saturated carbocycles. The molecule has 100 valence electrons. The highest BCUT2D eigenvalue weighted by atomic mass is 16.5. The molecule has 0 fully saturated rings. The maximum Gasteiger partial charge on any atom is 0.219 e. The predicted molar refractivity (Wildman–Crippen MR) is 70.6 cm³/mol. The van der Waals surface area contributed by atoms with E-state index in [-0.39, 0.29) is 5.91 Å². The summed E-state index contributed by atoms with van der Waals surface area (Å²) in [5.74, 6) is 0.824. The lowest BCUT2D eigenvalue weighted by Crippen LogP contribution is -2.17. The molecule has 1 aromatic carbocycles. The minimum atomic E-state index is -0.528. The van der Waals surface area contributed by atoms with E-state index in [1.54, 1.807) is 14.2 Å². The zero-order valence-electron chi connectivity index (χ0n) is 11.2. The Bertz CT molecular complexity index is 404. The molecule has 1 atom stereocenters. The molecule has 1 amide bonds. The van der Waals surface area contributed by atoms with Gasteiger partial charge in [0, 0.05) is 13.5 Å². The van der Waals surface area contributed by atoms with Crippen LogP contribution in [0.25, 0.3) is 0 Å². The van der Waals surface area contributed by atoms with Crippen LogP contribution in [0.3, 0.4) is 0 Å². The second kappa shape index (κ2) is 7.01. The van der Waals surface area contributed by atoms with E-state index in [1.165, 1.54) is 0 Å². The summed E-state index contributed by atoms with van der Waals surface area (Å²) < 4.78 is 5.17. The summed E-state index contributed by atoms with van der Waals surface area (Å²) in [5.41, 5.74) is 1.87. The molecule has 1 unspecified atom stereocenters. The van der Waals surface area contributed by atoms with Gasteiger partial charge in [-0.25, -0.2) is 0 Å². The van der Waals surface area contributed by atoms with E-state index in [0.717, 1.165) is 16.9 Å². The Labute approximate surface area is 108 Å². The lowest BCUT2D eigenvalue weighted by Gasteiger charge is -2.13. The summed E-state index contributed by atoms with van der Waals surface area (Å²) in [7, 11) is 3.24. The number of carbonyl (C=O) groups excluding carboxylic acids is 1. The third kappa shape index (κ3) is 4.04. The van der Waals surface area contributed by atoms with Crippen LogP contribution in [0.15, 0.2) is 18.2 Å². The number of nitrogens with one attached hydrogen (secondary N) is 1. The van der Waals surface area contributed by atoms with E-state index in [9.17, 15) is 9.90 Å². The molecule has 0 aliphatic heterocycles. The number of hydrogen-bond donors (Lipinski definition) is 2. The van der Waals surface area contributed by atoms with Crippen LogP contribution in [-0.2, 0) is 4.79 Å². The van der Waals surface area contributed by atoms with E-state index in [4.69, 9.17) is 4.74 Å². The number of methoxy groups -OCH3 is 1. The lowest BCUT2D eigenvalue weighted by molar-refractivity contribution is -0.120. The molecule has 0 heterocycles. The van der Waals surface area contributed by atoms with Crippen LogP contribution in [0.1, 0.15) is 36.5 Å². The molecule has 0 aliphatic carbocycles. The zero-order valence-corrected chi connectivity index (χ0v) is 11.2. The quantitative estimate of drug-likeness (QED) is 0.812. The molecule has 0 aliphatic rings. The molecular formula is C14H21NO3. The second-order valence-electron chi connectivity index (χ2n) is 4.31. The first-order valence-corrected chi connectivity index (χ1v) is 6.11. The van der Waals surface area contributed by atoms with Crippen molar-refractivity contribution in [1.29, 1.82) is 0 Å². The predicted octanol–water partition coefficient (Wildman–Crippen LogP) is 1.95. The van der Waals surface area contributed by atoms with Gasteiger partial charge in [-0.3, -0.25) is 4.79 Å². The molecule has 0 saturated heterocycles. The van der Waals surface area contributed by atoms with Crippen molar-refractivity contribution in [3.8, 4) is 5.75 Å². The SMILES string of the molecule is CNC(=O)CCCC(O)c1ccc(OC)c(C)c1. The van der Waals surface area contributed by atoms with E-state index in [1.807, 2.05) is 25.1 Å². The summed E-state index contributed by atoms with van der Waals surface area (Å²) in [6.07, 6.45) is 1.17. The van der Waals surface area contributed by atoms with Crippen LogP contribution in [-0.4, -0.2) is 25.2 Å². The number of benzene rings is 1. The van der Waals surface area contributed by atoms with Gasteiger partial charge in [-0.15, -0.1) is 0 Å². The molecule has 1 aromatic rings. The van der Waals surface area contributed by atoms with Crippen molar-refractivity contribution < 1.29 is 14.6 Å². The van der Waals surface area contributed by atoms with E-state index < -0.39 is 6.10 Å². The van der Waals surface area contributed by atoms with Crippen LogP contribution in [0.5, 0.6) is 5.75 Å². The molecule has 0 bridgehead atoms. The Morgan fingerprint density at radius 2 is 2.22 bits per heavy atom. The van der Waals surface area contributed by atoms with Crippen LogP contribution in [0.2, 0.25) is 0 Å². The molecule has 0 aromatic heterocycles. The number of aryl methyl sites for hydroxylation is 1. The molecule has 4 heteroatoms. The van der Waals surface area contributed by atoms with Gasteiger partial charge in [-0.05, 0) is 43.0 Å². The topological polar surface area (TPSA) is 58.6 Å². The van der Waals surface area contributed by atoms with Crippen molar-refractivity contribution in [3.05, 3.63) is 29.3 Å². The van der Waals surface area contributed by atoms with Crippen molar-refractivity contribution in [2.45, 2.75) is 32.3 Å². The fourth-order valence-corrected chi connectivity index (χ4v) is 1.86. The van der Waals surface area contributed by atoms with Gasteiger partial charge in [0.1, 0.15) is 5.75 Å². The summed E-state index contributed by atoms with van der Waals surface area (Å²) in [5, 5.41) is 12.6. The Balaban J connectivity index is 2.53. The summed E-state index contributed by atoms with van der Waals surface area (Å²) in [6.45, 7) is 1.94. The Hall–Kier alpha value is -1.55. The largest absolute Gasteiger partial charge is 0.496 e. The molecule has 2 N–H and O–H groups in total. The van der Waals surface area contributed by atoms with Gasteiger partial charge < -0.3 is 15.2 Å². The van der Waals surface area contributed by atoms with Gasteiger partial charge >= 0.3 is 0 Å².